The summed E-state index contributed by atoms with van der Waals surface area (Å²) in [6, 6.07) is -19.0. The van der Waals surface area contributed by atoms with Gasteiger partial charge in [0.05, 0.1) is 43.7 Å². The number of nitrogens with zero attached hydrogens (tertiary/aromatic N) is 2. The zero-order chi connectivity index (χ0) is 91.3. The lowest BCUT2D eigenvalue weighted by molar-refractivity contribution is -0.145. The number of amides is 14. The normalized spacial score (nSPS) is 19.4. The fourth-order valence-corrected chi connectivity index (χ4v) is 14.9. The molecule has 3 aliphatic heterocycles. The molecule has 1 aromatic heterocycles. The summed E-state index contributed by atoms with van der Waals surface area (Å²) in [5.74, 6) is -26.1. The number of carbonyl (C=O) groups excluding carboxylic acids is 14. The van der Waals surface area contributed by atoms with Gasteiger partial charge in [-0.1, -0.05) is 12.1 Å². The summed E-state index contributed by atoms with van der Waals surface area (Å²) >= 11 is 2.30. The first-order chi connectivity index (χ1) is 58.2. The van der Waals surface area contributed by atoms with Crippen LogP contribution in [-0.4, -0.2) is 316 Å². The molecule has 0 radical (unpaired) electrons. The Morgan fingerprint density at radius 3 is 1.50 bits per heavy atom. The Kier molecular flexibility index (Phi) is 42.5. The Hall–Kier alpha value is -11.6. The lowest BCUT2D eigenvalue weighted by Crippen LogP contribution is -2.61. The predicted octanol–water partition coefficient (Wildman–Crippen LogP) is -9.84. The highest BCUT2D eigenvalue weighted by Gasteiger charge is 2.42. The minimum absolute atomic E-state index is 0.0274. The number of nitrogens with one attached hydrogen (secondary N) is 13. The molecule has 4 heterocycles. The van der Waals surface area contributed by atoms with Gasteiger partial charge in [-0.3, -0.25) is 91.3 Å². The zero-order valence-electron chi connectivity index (χ0n) is 66.5. The SMILES string of the molecule is NCCCC[C@H](NC(=O)[C@H](CC(=O)O)NC(=O)[C@H](CC(=O)O)NC(=O)[C@H](CC(=O)O)NC(=O)[C@H](CC(=O)O)NC(=O)[C@H](CCCCN)NC(=O)[C@H](Cc1ccc(O)cc1)NC(=O)[C@H](CC(O)O)NC(=O)[C@H](CO)NC(=O)[C@@H]1Cc2csc(c2)C2=N[C@@H](CS2)C(=O)N[C@@H](CCCCN)C(=O)N[C@@H](CCC(N)O)C(=O)NCC(=O)N2CCCC2C(=O)N1)C(=O)O. The van der Waals surface area contributed by atoms with Gasteiger partial charge < -0.3 is 148 Å². The smallest absolute Gasteiger partial charge is 0.326 e. The number of carbonyl (C=O) groups is 19. The van der Waals surface area contributed by atoms with Crippen molar-refractivity contribution in [2.45, 2.75) is 226 Å². The van der Waals surface area contributed by atoms with Crippen molar-refractivity contribution in [2.75, 3.05) is 45.1 Å². The van der Waals surface area contributed by atoms with Gasteiger partial charge in [0.25, 0.3) is 0 Å². The Labute approximate surface area is 709 Å². The number of hydrogen-bond acceptors (Lipinski definition) is 31. The summed E-state index contributed by atoms with van der Waals surface area (Å²) in [6.07, 6.45) is -10.7. The van der Waals surface area contributed by atoms with Crippen molar-refractivity contribution in [1.82, 2.24) is 74.0 Å². The maximum absolute atomic E-state index is 14.8. The third-order valence-corrected chi connectivity index (χ3v) is 21.4. The summed E-state index contributed by atoms with van der Waals surface area (Å²) in [6.45, 7) is -1.67. The van der Waals surface area contributed by atoms with E-state index >= 15 is 0 Å². The van der Waals surface area contributed by atoms with Crippen molar-refractivity contribution in [1.29, 1.82) is 0 Å². The standard InChI is InChI=1S/C73H107N19O29S2/c74-18-4-1-8-37-60(108)81-39(16-17-52(77)95)59(107)78-30-53(96)92-21-7-11-50(92)71(119)89-42(23-35-24-51(122-32-35)72-91-49(33-123-72)70(118)80-37)63(111)90-48(31-93)69(117)88-47(29-58(105)106)65(113)83-41(22-34-12-14-36(94)15-13-34)62(110)79-38(9-2-5-19-75)61(109)84-44(26-55(99)100)66(114)86-46(28-57(103)104)68(116)87-45(27-56(101)102)67(115)85-43(25-54(97)98)64(112)82-40(73(120)121)10-3-6-20-76/h12-15,24,32,37-50,52,58,93-95,105-106H,1-11,16-23,25-31,33,74-77H2,(H,78,107)(H,79,110)(H,80,118)(H,81,108)(H,82,112)(H,83,113)(H,84,109)(H,85,115)(H,86,114)(H,87,116)(H,88,117)(H,89,119)(H,90,111)(H,97,98)(H,99,100)(H,101,102)(H,103,104)(H,120,121)/t37-,38-,39-,40-,41-,42-,43-,44-,45-,46-,47-,48-,49-,50?,52?/m0/s1. The van der Waals surface area contributed by atoms with Gasteiger partial charge in [0.2, 0.25) is 82.7 Å². The van der Waals surface area contributed by atoms with Crippen LogP contribution in [0, 0.1) is 0 Å². The molecule has 0 saturated carbocycles. The van der Waals surface area contributed by atoms with E-state index in [2.05, 4.69) is 52.8 Å². The number of aliphatic imine (C=N–C) groups is 1. The monoisotopic (exact) mass is 1780 g/mol. The second-order valence-electron chi connectivity index (χ2n) is 29.0. The van der Waals surface area contributed by atoms with Gasteiger partial charge in [-0.05, 0) is 138 Å². The number of aliphatic hydroxyl groups excluding tert-OH is 3. The van der Waals surface area contributed by atoms with Crippen molar-refractivity contribution in [3.05, 3.63) is 51.7 Å². The number of rotatable bonds is 47. The lowest BCUT2D eigenvalue weighted by atomic mass is 10.0. The van der Waals surface area contributed by atoms with Crippen LogP contribution in [0.2, 0.25) is 0 Å². The van der Waals surface area contributed by atoms with Gasteiger partial charge in [-0.15, -0.1) is 23.1 Å². The summed E-state index contributed by atoms with van der Waals surface area (Å²) in [5, 5.41) is 132. The van der Waals surface area contributed by atoms with Gasteiger partial charge >= 0.3 is 29.8 Å². The highest BCUT2D eigenvalue weighted by molar-refractivity contribution is 8.15. The molecule has 1 fully saturated rings. The molecule has 2 aromatic rings. The third kappa shape index (κ3) is 34.7. The lowest BCUT2D eigenvalue weighted by Gasteiger charge is -2.28. The van der Waals surface area contributed by atoms with Crippen molar-refractivity contribution in [3.8, 4) is 5.75 Å². The molecule has 4 bridgehead atoms. The van der Waals surface area contributed by atoms with Crippen molar-refractivity contribution >= 4 is 141 Å². The van der Waals surface area contributed by atoms with E-state index in [4.69, 9.17) is 22.9 Å². The zero-order valence-corrected chi connectivity index (χ0v) is 68.2. The van der Waals surface area contributed by atoms with Gasteiger partial charge in [-0.25, -0.2) is 4.79 Å². The molecule has 0 spiro atoms. The van der Waals surface area contributed by atoms with E-state index in [9.17, 15) is 142 Å². The van der Waals surface area contributed by atoms with Crippen LogP contribution in [0.1, 0.15) is 132 Å². The van der Waals surface area contributed by atoms with Crippen molar-refractivity contribution in [2.24, 2.45) is 27.9 Å². The van der Waals surface area contributed by atoms with Crippen LogP contribution in [0.15, 0.2) is 40.7 Å². The first-order valence-corrected chi connectivity index (χ1v) is 41.0. The molecule has 15 atom stereocenters. The molecule has 14 amide bonds. The molecule has 2 unspecified atom stereocenters. The fraction of sp³-hybridized carbons (Fsp3) is 0.589. The molecular weight excluding hydrogens is 1670 g/mol. The number of benzene rings is 1. The van der Waals surface area contributed by atoms with Crippen LogP contribution >= 0.6 is 23.1 Å². The van der Waals surface area contributed by atoms with E-state index in [1.807, 2.05) is 21.3 Å². The summed E-state index contributed by atoms with van der Waals surface area (Å²) in [4.78, 5) is 264. The number of aliphatic hydroxyl groups is 4. The fourth-order valence-electron chi connectivity index (χ4n) is 12.8. The number of carboxylic acids is 5. The summed E-state index contributed by atoms with van der Waals surface area (Å²) in [7, 11) is 0. The van der Waals surface area contributed by atoms with Gasteiger partial charge in [0, 0.05) is 31.6 Å². The van der Waals surface area contributed by atoms with Gasteiger partial charge in [-0.2, -0.15) is 0 Å². The number of carboxylic acid groups (broad SMARTS) is 5. The number of unbranched alkanes of at least 4 members (excludes halogenated alkanes) is 3. The maximum atomic E-state index is 14.8. The Morgan fingerprint density at radius 1 is 0.528 bits per heavy atom. The van der Waals surface area contributed by atoms with Crippen LogP contribution in [0.5, 0.6) is 5.75 Å². The van der Waals surface area contributed by atoms with E-state index in [-0.39, 0.29) is 107 Å². The van der Waals surface area contributed by atoms with Crippen LogP contribution < -0.4 is 92.1 Å². The first kappa shape index (κ1) is 102. The number of fused-ring (bicyclic) bond motifs is 5. The Morgan fingerprint density at radius 2 is 0.992 bits per heavy atom. The molecule has 3 aliphatic rings. The van der Waals surface area contributed by atoms with Crippen molar-refractivity contribution in [3.63, 3.8) is 0 Å². The Bertz CT molecular complexity index is 4120. The third-order valence-electron chi connectivity index (χ3n) is 19.2. The molecular formula is C73H107N19O29S2. The van der Waals surface area contributed by atoms with Crippen LogP contribution in [-0.2, 0) is 104 Å². The molecule has 680 valence electrons. The van der Waals surface area contributed by atoms with Crippen LogP contribution in [0.4, 0.5) is 0 Å². The number of aromatic hydroxyl groups is 1. The average molecular weight is 1780 g/mol. The molecule has 0 aliphatic carbocycles. The molecule has 50 heteroatoms. The molecule has 1 saturated heterocycles. The number of phenols is 1. The number of hydrogen-bond donors (Lipinski definition) is 27. The number of aliphatic carboxylic acids is 5. The second kappa shape index (κ2) is 51.3. The molecule has 123 heavy (non-hydrogen) atoms. The first-order valence-electron chi connectivity index (χ1n) is 39.1. The number of nitrogens with two attached hydrogens (primary N) is 4. The maximum Gasteiger partial charge on any atom is 0.326 e. The van der Waals surface area contributed by atoms with E-state index in [0.29, 0.717) is 34.7 Å². The molecule has 5 rings (SSSR count). The van der Waals surface area contributed by atoms with E-state index in [1.54, 1.807) is 11.4 Å². The quantitative estimate of drug-likeness (QED) is 0.0216. The number of thioether (sulfide) groups is 1. The molecule has 48 nitrogen and oxygen atoms in total. The Balaban J connectivity index is 1.42. The van der Waals surface area contributed by atoms with E-state index in [0.717, 1.165) is 28.4 Å². The van der Waals surface area contributed by atoms with Crippen molar-refractivity contribution < 1.29 is 142 Å². The largest absolute Gasteiger partial charge is 0.508 e. The molecule has 1 aromatic carbocycles. The van der Waals surface area contributed by atoms with E-state index < -0.39 is 268 Å². The minimum Gasteiger partial charge on any atom is -0.508 e. The van der Waals surface area contributed by atoms with Crippen LogP contribution in [0.25, 0.3) is 0 Å². The van der Waals surface area contributed by atoms with Crippen LogP contribution in [0.3, 0.4) is 0 Å². The van der Waals surface area contributed by atoms with Gasteiger partial charge in [0.15, 0.2) is 6.29 Å². The molecule has 31 N–H and O–H groups in total. The van der Waals surface area contributed by atoms with E-state index in [1.165, 1.54) is 23.9 Å². The summed E-state index contributed by atoms with van der Waals surface area (Å²) in [5.41, 5.74) is 23.0. The highest BCUT2D eigenvalue weighted by Crippen LogP contribution is 2.29. The highest BCUT2D eigenvalue weighted by atomic mass is 32.2. The number of thiophene rings is 1. The van der Waals surface area contributed by atoms with Gasteiger partial charge in [0.1, 0.15) is 102 Å². The topological polar surface area (TPSA) is 803 Å². The predicted molar refractivity (Wildman–Crippen MR) is 428 cm³/mol. The minimum atomic E-state index is -2.46. The second-order valence-corrected chi connectivity index (χ2v) is 30.9. The average Bonchev–Trinajstić information content (AvgIpc) is 1.47. The summed E-state index contributed by atoms with van der Waals surface area (Å²) < 4.78 is 0. The number of phenolic OH excluding ortho intramolecular Hbond substituents is 1.